The smallest absolute Gasteiger partial charge is 0.258 e. The van der Waals surface area contributed by atoms with Crippen LogP contribution in [0, 0.1) is 3.57 Å². The summed E-state index contributed by atoms with van der Waals surface area (Å²) in [6.07, 6.45) is 0. The molecule has 0 aliphatic carbocycles. The van der Waals surface area contributed by atoms with Gasteiger partial charge >= 0.3 is 0 Å². The quantitative estimate of drug-likeness (QED) is 0.842. The van der Waals surface area contributed by atoms with Crippen molar-refractivity contribution in [3.05, 3.63) is 57.7 Å². The third-order valence-electron chi connectivity index (χ3n) is 2.82. The van der Waals surface area contributed by atoms with Crippen LogP contribution in [0.4, 0.5) is 5.69 Å². The molecule has 0 bridgehead atoms. The molecule has 1 N–H and O–H groups in total. The Kier molecular flexibility index (Phi) is 4.42. The first-order valence-electron chi connectivity index (χ1n) is 5.99. The summed E-state index contributed by atoms with van der Waals surface area (Å²) in [5.41, 5.74) is 1.34. The van der Waals surface area contributed by atoms with Crippen LogP contribution in [-0.2, 0) is 0 Å². The van der Waals surface area contributed by atoms with Gasteiger partial charge in [0, 0.05) is 17.8 Å². The van der Waals surface area contributed by atoms with Gasteiger partial charge in [-0.2, -0.15) is 0 Å². The van der Waals surface area contributed by atoms with Crippen LogP contribution in [0.2, 0.25) is 0 Å². The maximum absolute atomic E-state index is 12.5. The average molecular weight is 367 g/mol. The average Bonchev–Trinajstić information content (AvgIpc) is 2.44. The van der Waals surface area contributed by atoms with Crippen LogP contribution in [0.5, 0.6) is 5.75 Å². The molecule has 0 heterocycles. The number of carbonyl (C=O) groups excluding carboxylic acids is 1. The highest BCUT2D eigenvalue weighted by Crippen LogP contribution is 2.23. The normalized spacial score (nSPS) is 10.2. The first-order chi connectivity index (χ1) is 9.13. The fourth-order valence-corrected chi connectivity index (χ4v) is 2.19. The summed E-state index contributed by atoms with van der Waals surface area (Å²) >= 11 is 2.03. The van der Waals surface area contributed by atoms with Gasteiger partial charge in [0.25, 0.3) is 5.91 Å². The number of halogens is 1. The second kappa shape index (κ2) is 6.06. The molecule has 0 spiro atoms. The molecule has 4 heteroatoms. The van der Waals surface area contributed by atoms with Gasteiger partial charge in [-0.3, -0.25) is 4.79 Å². The zero-order valence-electron chi connectivity index (χ0n) is 10.5. The maximum atomic E-state index is 12.5. The van der Waals surface area contributed by atoms with Gasteiger partial charge in [0.2, 0.25) is 0 Å². The van der Waals surface area contributed by atoms with E-state index >= 15 is 0 Å². The molecule has 0 aliphatic rings. The predicted octanol–water partition coefficient (Wildman–Crippen LogP) is 3.66. The van der Waals surface area contributed by atoms with Crippen molar-refractivity contribution in [1.82, 2.24) is 0 Å². The minimum Gasteiger partial charge on any atom is -0.507 e. The predicted molar refractivity (Wildman–Crippen MR) is 84.6 cm³/mol. The number of hydrogen-bond donors (Lipinski definition) is 1. The van der Waals surface area contributed by atoms with E-state index in [1.165, 1.54) is 6.07 Å². The van der Waals surface area contributed by atoms with Gasteiger partial charge in [-0.05, 0) is 59.8 Å². The number of nitrogens with zero attached hydrogens (tertiary/aromatic N) is 1. The molecule has 1 amide bonds. The van der Waals surface area contributed by atoms with Gasteiger partial charge in [-0.25, -0.2) is 0 Å². The molecule has 2 rings (SSSR count). The maximum Gasteiger partial charge on any atom is 0.258 e. The number of aromatic hydroxyl groups is 1. The summed E-state index contributed by atoms with van der Waals surface area (Å²) in [7, 11) is 0. The standard InChI is InChI=1S/C15H14INO2/c1-2-17(12-6-4-3-5-7-12)15(19)11-8-9-13(16)14(18)10-11/h3-10,18H,2H2,1H3. The largest absolute Gasteiger partial charge is 0.507 e. The Morgan fingerprint density at radius 2 is 1.89 bits per heavy atom. The van der Waals surface area contributed by atoms with Crippen molar-refractivity contribution < 1.29 is 9.90 Å². The van der Waals surface area contributed by atoms with Gasteiger partial charge in [-0.15, -0.1) is 0 Å². The van der Waals surface area contributed by atoms with Gasteiger partial charge in [0.15, 0.2) is 0 Å². The monoisotopic (exact) mass is 367 g/mol. The second-order valence-electron chi connectivity index (χ2n) is 4.05. The second-order valence-corrected chi connectivity index (χ2v) is 5.21. The van der Waals surface area contributed by atoms with E-state index in [1.807, 2.05) is 59.8 Å². The molecule has 0 saturated heterocycles. The molecule has 0 saturated carbocycles. The minimum absolute atomic E-state index is 0.111. The van der Waals surface area contributed by atoms with Crippen LogP contribution in [0.25, 0.3) is 0 Å². The fourth-order valence-electron chi connectivity index (χ4n) is 1.85. The van der Waals surface area contributed by atoms with Crippen molar-refractivity contribution in [2.24, 2.45) is 0 Å². The first-order valence-corrected chi connectivity index (χ1v) is 7.06. The van der Waals surface area contributed by atoms with Gasteiger partial charge in [0.05, 0.1) is 3.57 Å². The van der Waals surface area contributed by atoms with Crippen LogP contribution in [-0.4, -0.2) is 17.6 Å². The molecule has 19 heavy (non-hydrogen) atoms. The number of phenolic OH excluding ortho intramolecular Hbond substituents is 1. The summed E-state index contributed by atoms with van der Waals surface area (Å²) in [5, 5.41) is 9.70. The van der Waals surface area contributed by atoms with E-state index < -0.39 is 0 Å². The van der Waals surface area contributed by atoms with Crippen molar-refractivity contribution >= 4 is 34.2 Å². The third-order valence-corrected chi connectivity index (χ3v) is 3.73. The number of amides is 1. The Hall–Kier alpha value is -1.56. The molecule has 0 aromatic heterocycles. The van der Waals surface area contributed by atoms with Crippen LogP contribution < -0.4 is 4.90 Å². The lowest BCUT2D eigenvalue weighted by Crippen LogP contribution is -2.30. The third kappa shape index (κ3) is 3.07. The topological polar surface area (TPSA) is 40.5 Å². The van der Waals surface area contributed by atoms with Gasteiger partial charge < -0.3 is 10.0 Å². The number of phenols is 1. The fraction of sp³-hybridized carbons (Fsp3) is 0.133. The molecule has 0 unspecified atom stereocenters. The van der Waals surface area contributed by atoms with Gasteiger partial charge in [0.1, 0.15) is 5.75 Å². The van der Waals surface area contributed by atoms with E-state index in [-0.39, 0.29) is 11.7 Å². The summed E-state index contributed by atoms with van der Waals surface area (Å²) in [5.74, 6) is 0.0240. The molecule has 2 aromatic rings. The summed E-state index contributed by atoms with van der Waals surface area (Å²) < 4.78 is 0.733. The summed E-state index contributed by atoms with van der Waals surface area (Å²) in [6.45, 7) is 2.51. The highest BCUT2D eigenvalue weighted by Gasteiger charge is 2.16. The Bertz CT molecular complexity index is 584. The molecular formula is C15H14INO2. The Balaban J connectivity index is 2.33. The van der Waals surface area contributed by atoms with Crippen LogP contribution >= 0.6 is 22.6 Å². The highest BCUT2D eigenvalue weighted by molar-refractivity contribution is 14.1. The lowest BCUT2D eigenvalue weighted by atomic mass is 10.1. The minimum atomic E-state index is -0.111. The molecule has 2 aromatic carbocycles. The van der Waals surface area contributed by atoms with Gasteiger partial charge in [-0.1, -0.05) is 18.2 Å². The summed E-state index contributed by atoms with van der Waals surface area (Å²) in [6, 6.07) is 14.5. The zero-order valence-corrected chi connectivity index (χ0v) is 12.7. The van der Waals surface area contributed by atoms with E-state index in [4.69, 9.17) is 0 Å². The number of benzene rings is 2. The van der Waals surface area contributed by atoms with Crippen LogP contribution in [0.3, 0.4) is 0 Å². The lowest BCUT2D eigenvalue weighted by molar-refractivity contribution is 0.0988. The zero-order chi connectivity index (χ0) is 13.8. The van der Waals surface area contributed by atoms with E-state index in [0.717, 1.165) is 9.26 Å². The summed E-state index contributed by atoms with van der Waals surface area (Å²) in [4.78, 5) is 14.1. The molecule has 3 nitrogen and oxygen atoms in total. The van der Waals surface area contributed by atoms with Crippen LogP contribution in [0.1, 0.15) is 17.3 Å². The lowest BCUT2D eigenvalue weighted by Gasteiger charge is -2.21. The number of hydrogen-bond acceptors (Lipinski definition) is 2. The highest BCUT2D eigenvalue weighted by atomic mass is 127. The van der Waals surface area contributed by atoms with Crippen molar-refractivity contribution in [3.63, 3.8) is 0 Å². The number of anilines is 1. The molecule has 0 fully saturated rings. The van der Waals surface area contributed by atoms with E-state index in [9.17, 15) is 9.90 Å². The SMILES string of the molecule is CCN(C(=O)c1ccc(I)c(O)c1)c1ccccc1. The van der Waals surface area contributed by atoms with Crippen LogP contribution in [0.15, 0.2) is 48.5 Å². The van der Waals surface area contributed by atoms with Crippen molar-refractivity contribution in [1.29, 1.82) is 0 Å². The Morgan fingerprint density at radius 1 is 1.21 bits per heavy atom. The van der Waals surface area contributed by atoms with E-state index in [0.29, 0.717) is 12.1 Å². The van der Waals surface area contributed by atoms with Crippen molar-refractivity contribution in [2.45, 2.75) is 6.92 Å². The van der Waals surface area contributed by atoms with E-state index in [1.54, 1.807) is 17.0 Å². The number of carbonyl (C=O) groups is 1. The molecule has 0 atom stereocenters. The number of para-hydroxylation sites is 1. The molecule has 0 radical (unpaired) electrons. The first kappa shape index (κ1) is 13.9. The molecular weight excluding hydrogens is 353 g/mol. The molecule has 98 valence electrons. The van der Waals surface area contributed by atoms with Crippen molar-refractivity contribution in [3.8, 4) is 5.75 Å². The Morgan fingerprint density at radius 3 is 2.47 bits per heavy atom. The molecule has 0 aliphatic heterocycles. The number of rotatable bonds is 3. The van der Waals surface area contributed by atoms with E-state index in [2.05, 4.69) is 0 Å². The Labute approximate surface area is 126 Å². The van der Waals surface area contributed by atoms with Crippen molar-refractivity contribution in [2.75, 3.05) is 11.4 Å².